The van der Waals surface area contributed by atoms with Crippen LogP contribution in [0.1, 0.15) is 24.8 Å². The first kappa shape index (κ1) is 18.4. The number of hydrogen-bond acceptors (Lipinski definition) is 4. The molecule has 1 unspecified atom stereocenters. The van der Waals surface area contributed by atoms with E-state index in [1.165, 1.54) is 12.0 Å². The van der Waals surface area contributed by atoms with Crippen molar-refractivity contribution in [2.45, 2.75) is 31.7 Å². The summed E-state index contributed by atoms with van der Waals surface area (Å²) < 4.78 is 5.45. The molecule has 1 aromatic rings. The van der Waals surface area contributed by atoms with Gasteiger partial charge in [0.1, 0.15) is 0 Å². The van der Waals surface area contributed by atoms with E-state index in [1.807, 2.05) is 4.90 Å². The van der Waals surface area contributed by atoms with Gasteiger partial charge in [0.15, 0.2) is 0 Å². The third kappa shape index (κ3) is 6.10. The van der Waals surface area contributed by atoms with E-state index in [-0.39, 0.29) is 11.9 Å². The molecule has 2 fully saturated rings. The predicted molar refractivity (Wildman–Crippen MR) is 99.6 cm³/mol. The number of carbonyl (C=O) groups is 1. The second kappa shape index (κ2) is 9.90. The lowest BCUT2D eigenvalue weighted by atomic mass is 10.1. The highest BCUT2D eigenvalue weighted by atomic mass is 16.5. The summed E-state index contributed by atoms with van der Waals surface area (Å²) in [6.07, 6.45) is 3.95. The summed E-state index contributed by atoms with van der Waals surface area (Å²) in [6, 6.07) is 10.9. The molecule has 5 heteroatoms. The summed E-state index contributed by atoms with van der Waals surface area (Å²) in [7, 11) is 0. The van der Waals surface area contributed by atoms with E-state index in [4.69, 9.17) is 4.74 Å². The Morgan fingerprint density at radius 3 is 2.84 bits per heavy atom. The van der Waals surface area contributed by atoms with E-state index in [1.54, 1.807) is 0 Å². The largest absolute Gasteiger partial charge is 0.378 e. The normalized spacial score (nSPS) is 22.6. The van der Waals surface area contributed by atoms with Gasteiger partial charge in [-0.15, -0.1) is 0 Å². The zero-order valence-corrected chi connectivity index (χ0v) is 15.2. The molecule has 25 heavy (non-hydrogen) atoms. The van der Waals surface area contributed by atoms with Crippen LogP contribution in [0.2, 0.25) is 0 Å². The van der Waals surface area contributed by atoms with Gasteiger partial charge in [-0.25, -0.2) is 0 Å². The quantitative estimate of drug-likeness (QED) is 0.849. The van der Waals surface area contributed by atoms with E-state index in [2.05, 4.69) is 40.5 Å². The van der Waals surface area contributed by atoms with Crippen molar-refractivity contribution in [2.75, 3.05) is 52.5 Å². The zero-order valence-electron chi connectivity index (χ0n) is 15.2. The van der Waals surface area contributed by atoms with E-state index < -0.39 is 0 Å². The number of carbonyl (C=O) groups excluding carboxylic acids is 1. The van der Waals surface area contributed by atoms with Gasteiger partial charge in [0.2, 0.25) is 5.91 Å². The lowest BCUT2D eigenvalue weighted by Gasteiger charge is -2.27. The second-order valence-electron chi connectivity index (χ2n) is 7.10. The van der Waals surface area contributed by atoms with Gasteiger partial charge in [0.05, 0.1) is 13.2 Å². The molecule has 0 aliphatic carbocycles. The van der Waals surface area contributed by atoms with Crippen LogP contribution in [-0.2, 0) is 16.0 Å². The Hall–Kier alpha value is -1.43. The molecule has 1 amide bonds. The Morgan fingerprint density at radius 1 is 1.16 bits per heavy atom. The van der Waals surface area contributed by atoms with Gasteiger partial charge in [-0.1, -0.05) is 30.3 Å². The first-order valence-corrected chi connectivity index (χ1v) is 9.66. The van der Waals surface area contributed by atoms with Crippen molar-refractivity contribution in [3.8, 4) is 0 Å². The molecule has 0 spiro atoms. The van der Waals surface area contributed by atoms with Gasteiger partial charge in [-0.2, -0.15) is 0 Å². The zero-order chi connectivity index (χ0) is 17.3. The van der Waals surface area contributed by atoms with Crippen LogP contribution in [0, 0.1) is 0 Å². The minimum Gasteiger partial charge on any atom is -0.378 e. The van der Waals surface area contributed by atoms with E-state index in [0.717, 1.165) is 58.7 Å². The van der Waals surface area contributed by atoms with Crippen molar-refractivity contribution in [3.63, 3.8) is 0 Å². The molecule has 0 bridgehead atoms. The van der Waals surface area contributed by atoms with Crippen LogP contribution in [0.4, 0.5) is 0 Å². The van der Waals surface area contributed by atoms with Gasteiger partial charge in [-0.05, 0) is 37.9 Å². The number of benzene rings is 1. The fraction of sp³-hybridized carbons (Fsp3) is 0.650. The molecule has 0 saturated carbocycles. The summed E-state index contributed by atoms with van der Waals surface area (Å²) in [5, 5.41) is 3.37. The molecule has 1 aromatic carbocycles. The average molecular weight is 345 g/mol. The summed E-state index contributed by atoms with van der Waals surface area (Å²) in [4.78, 5) is 17.1. The van der Waals surface area contributed by atoms with E-state index >= 15 is 0 Å². The van der Waals surface area contributed by atoms with Crippen LogP contribution >= 0.6 is 0 Å². The van der Waals surface area contributed by atoms with Gasteiger partial charge in [0.25, 0.3) is 0 Å². The Kier molecular flexibility index (Phi) is 7.27. The second-order valence-corrected chi connectivity index (χ2v) is 7.10. The molecule has 2 saturated heterocycles. The van der Waals surface area contributed by atoms with Crippen molar-refractivity contribution in [1.29, 1.82) is 0 Å². The summed E-state index contributed by atoms with van der Waals surface area (Å²) >= 11 is 0. The van der Waals surface area contributed by atoms with Gasteiger partial charge < -0.3 is 19.9 Å². The number of morpholine rings is 1. The topological polar surface area (TPSA) is 44.8 Å². The fourth-order valence-corrected chi connectivity index (χ4v) is 3.69. The molecule has 0 radical (unpaired) electrons. The lowest BCUT2D eigenvalue weighted by Crippen LogP contribution is -2.45. The summed E-state index contributed by atoms with van der Waals surface area (Å²) in [6.45, 7) is 7.23. The number of rotatable bonds is 6. The van der Waals surface area contributed by atoms with Crippen LogP contribution in [-0.4, -0.2) is 74.2 Å². The lowest BCUT2D eigenvalue weighted by molar-refractivity contribution is -0.132. The maximum atomic E-state index is 12.5. The molecule has 1 N–H and O–H groups in total. The number of ether oxygens (including phenoxy) is 1. The Morgan fingerprint density at radius 2 is 2.04 bits per heavy atom. The van der Waals surface area contributed by atoms with Crippen molar-refractivity contribution in [3.05, 3.63) is 35.9 Å². The number of hydrogen-bond donors (Lipinski definition) is 1. The third-order valence-corrected chi connectivity index (χ3v) is 5.14. The van der Waals surface area contributed by atoms with Gasteiger partial charge in [-0.3, -0.25) is 4.79 Å². The smallest absolute Gasteiger partial charge is 0.224 e. The van der Waals surface area contributed by atoms with Crippen molar-refractivity contribution in [2.24, 2.45) is 0 Å². The molecule has 2 heterocycles. The number of nitrogens with zero attached hydrogens (tertiary/aromatic N) is 2. The number of nitrogens with one attached hydrogen (secondary N) is 1. The first-order valence-electron chi connectivity index (χ1n) is 9.66. The SMILES string of the molecule is O=C(CC1COCCN1)N1CCCN(CCCc2ccccc2)CC1. The maximum absolute atomic E-state index is 12.5. The highest BCUT2D eigenvalue weighted by Crippen LogP contribution is 2.09. The van der Waals surface area contributed by atoms with Crippen LogP contribution in [0.3, 0.4) is 0 Å². The molecule has 1 atom stereocenters. The van der Waals surface area contributed by atoms with Crippen LogP contribution in [0.15, 0.2) is 30.3 Å². The monoisotopic (exact) mass is 345 g/mol. The van der Waals surface area contributed by atoms with Gasteiger partial charge in [0, 0.05) is 38.6 Å². The highest BCUT2D eigenvalue weighted by molar-refractivity contribution is 5.76. The standard InChI is InChI=1S/C20H31N3O2/c24-20(16-19-17-25-15-9-21-19)23-12-5-11-22(13-14-23)10-4-8-18-6-2-1-3-7-18/h1-3,6-7,19,21H,4-5,8-17H2. The average Bonchev–Trinajstić information content (AvgIpc) is 2.89. The summed E-state index contributed by atoms with van der Waals surface area (Å²) in [5.74, 6) is 0.272. The molecule has 138 valence electrons. The van der Waals surface area contributed by atoms with Crippen LogP contribution in [0.25, 0.3) is 0 Å². The van der Waals surface area contributed by atoms with Crippen LogP contribution in [0.5, 0.6) is 0 Å². The number of amides is 1. The van der Waals surface area contributed by atoms with Crippen molar-refractivity contribution >= 4 is 5.91 Å². The minimum atomic E-state index is 0.187. The molecular weight excluding hydrogens is 314 g/mol. The molecule has 5 nitrogen and oxygen atoms in total. The fourth-order valence-electron chi connectivity index (χ4n) is 3.69. The first-order chi connectivity index (χ1) is 12.3. The van der Waals surface area contributed by atoms with Crippen molar-refractivity contribution < 1.29 is 9.53 Å². The molecule has 0 aromatic heterocycles. The van der Waals surface area contributed by atoms with Crippen LogP contribution < -0.4 is 5.32 Å². The van der Waals surface area contributed by atoms with Gasteiger partial charge >= 0.3 is 0 Å². The summed E-state index contributed by atoms with van der Waals surface area (Å²) in [5.41, 5.74) is 1.41. The maximum Gasteiger partial charge on any atom is 0.224 e. The number of aryl methyl sites for hydroxylation is 1. The van der Waals surface area contributed by atoms with E-state index in [9.17, 15) is 4.79 Å². The Labute approximate surface area is 151 Å². The van der Waals surface area contributed by atoms with Crippen molar-refractivity contribution in [1.82, 2.24) is 15.1 Å². The molecular formula is C20H31N3O2. The van der Waals surface area contributed by atoms with E-state index in [0.29, 0.717) is 13.0 Å². The molecule has 2 aliphatic rings. The Bertz CT molecular complexity index is 517. The highest BCUT2D eigenvalue weighted by Gasteiger charge is 2.23. The third-order valence-electron chi connectivity index (χ3n) is 5.14. The Balaban J connectivity index is 1.37. The molecule has 2 aliphatic heterocycles. The predicted octanol–water partition coefficient (Wildman–Crippen LogP) is 1.53. The minimum absolute atomic E-state index is 0.187. The molecule has 3 rings (SSSR count).